The molecule has 1 amide bonds. The maximum atomic E-state index is 12.3. The first-order valence-electron chi connectivity index (χ1n) is 9.47. The molecule has 3 rings (SSSR count). The van der Waals surface area contributed by atoms with Gasteiger partial charge in [-0.25, -0.2) is 0 Å². The third-order valence-corrected chi connectivity index (χ3v) is 6.43. The maximum Gasteiger partial charge on any atom is 0.265 e. The van der Waals surface area contributed by atoms with E-state index in [9.17, 15) is 4.79 Å². The number of thioether (sulfide) groups is 1. The number of nitrogens with zero attached hydrogens (tertiary/aromatic N) is 1. The molecular formula is C23H22BrNO4S2. The molecule has 1 aliphatic heterocycles. The fourth-order valence-electron chi connectivity index (χ4n) is 2.88. The fraction of sp³-hybridized carbons (Fsp3) is 0.217. The second-order valence-electron chi connectivity index (χ2n) is 6.60. The number of hydrogen-bond donors (Lipinski definition) is 0. The van der Waals surface area contributed by atoms with Gasteiger partial charge in [0, 0.05) is 17.1 Å². The van der Waals surface area contributed by atoms with Gasteiger partial charge in [0.05, 0.1) is 12.0 Å². The van der Waals surface area contributed by atoms with E-state index in [-0.39, 0.29) is 5.91 Å². The molecule has 5 nitrogen and oxygen atoms in total. The smallest absolute Gasteiger partial charge is 0.265 e. The molecule has 0 N–H and O–H groups in total. The van der Waals surface area contributed by atoms with Gasteiger partial charge in [-0.2, -0.15) is 0 Å². The van der Waals surface area contributed by atoms with E-state index < -0.39 is 0 Å². The van der Waals surface area contributed by atoms with Crippen molar-refractivity contribution in [1.82, 2.24) is 4.90 Å². The lowest BCUT2D eigenvalue weighted by Crippen LogP contribution is -2.22. The van der Waals surface area contributed by atoms with E-state index in [0.717, 1.165) is 22.0 Å². The highest BCUT2D eigenvalue weighted by molar-refractivity contribution is 9.10. The molecule has 31 heavy (non-hydrogen) atoms. The number of rotatable bonds is 9. The van der Waals surface area contributed by atoms with Crippen LogP contribution in [0, 0.1) is 0 Å². The summed E-state index contributed by atoms with van der Waals surface area (Å²) in [6.45, 7) is 4.42. The van der Waals surface area contributed by atoms with Gasteiger partial charge in [-0.15, -0.1) is 6.58 Å². The van der Waals surface area contributed by atoms with Crippen LogP contribution in [0.2, 0.25) is 0 Å². The largest absolute Gasteiger partial charge is 0.493 e. The average Bonchev–Trinajstić information content (AvgIpc) is 2.99. The molecule has 1 saturated heterocycles. The topological polar surface area (TPSA) is 48.0 Å². The molecule has 0 saturated carbocycles. The Morgan fingerprint density at radius 1 is 1.13 bits per heavy atom. The van der Waals surface area contributed by atoms with Crippen LogP contribution in [0.15, 0.2) is 58.4 Å². The molecule has 0 aromatic heterocycles. The van der Waals surface area contributed by atoms with Gasteiger partial charge in [0.15, 0.2) is 11.5 Å². The van der Waals surface area contributed by atoms with Crippen LogP contribution in [0.3, 0.4) is 0 Å². The predicted octanol–water partition coefficient (Wildman–Crippen LogP) is 5.48. The quantitative estimate of drug-likeness (QED) is 0.189. The Bertz CT molecular complexity index is 1040. The molecule has 0 aliphatic carbocycles. The van der Waals surface area contributed by atoms with Crippen molar-refractivity contribution >= 4 is 56.2 Å². The lowest BCUT2D eigenvalue weighted by molar-refractivity contribution is -0.121. The maximum absolute atomic E-state index is 12.3. The summed E-state index contributed by atoms with van der Waals surface area (Å²) in [5.74, 6) is 1.87. The van der Waals surface area contributed by atoms with Crippen molar-refractivity contribution in [2.45, 2.75) is 6.42 Å². The van der Waals surface area contributed by atoms with Gasteiger partial charge in [0.1, 0.15) is 23.3 Å². The molecule has 0 atom stereocenters. The Morgan fingerprint density at radius 3 is 2.48 bits per heavy atom. The number of benzene rings is 2. The van der Waals surface area contributed by atoms with Crippen molar-refractivity contribution in [1.29, 1.82) is 0 Å². The Hall–Kier alpha value is -2.29. The standard InChI is InChI=1S/C23H22BrNO4S2/c1-4-5-15-6-8-19(20(12-15)27-3)29-11-10-28-18-9-7-17(24)13-16(18)14-21-22(26)25(2)23(30)31-21/h4,6-9,12-14H,1,5,10-11H2,2-3H3/b21-14-. The third-order valence-electron chi connectivity index (χ3n) is 4.45. The molecule has 162 valence electrons. The third kappa shape index (κ3) is 5.90. The number of allylic oxidation sites excluding steroid dienone is 1. The van der Waals surface area contributed by atoms with Gasteiger partial charge in [-0.1, -0.05) is 52.1 Å². The molecular weight excluding hydrogens is 498 g/mol. The van der Waals surface area contributed by atoms with Gasteiger partial charge in [-0.3, -0.25) is 9.69 Å². The first kappa shape index (κ1) is 23.4. The van der Waals surface area contributed by atoms with E-state index in [1.807, 2.05) is 42.5 Å². The van der Waals surface area contributed by atoms with E-state index >= 15 is 0 Å². The average molecular weight is 520 g/mol. The minimum atomic E-state index is -0.115. The normalized spacial score (nSPS) is 14.8. The van der Waals surface area contributed by atoms with Gasteiger partial charge in [0.2, 0.25) is 0 Å². The molecule has 0 spiro atoms. The van der Waals surface area contributed by atoms with Gasteiger partial charge >= 0.3 is 0 Å². The monoisotopic (exact) mass is 519 g/mol. The summed E-state index contributed by atoms with van der Waals surface area (Å²) >= 11 is 9.95. The highest BCUT2D eigenvalue weighted by Crippen LogP contribution is 2.34. The molecule has 1 fully saturated rings. The highest BCUT2D eigenvalue weighted by Gasteiger charge is 2.29. The van der Waals surface area contributed by atoms with Crippen LogP contribution in [0.4, 0.5) is 0 Å². The van der Waals surface area contributed by atoms with Crippen LogP contribution in [-0.2, 0) is 11.2 Å². The lowest BCUT2D eigenvalue weighted by Gasteiger charge is -2.13. The summed E-state index contributed by atoms with van der Waals surface area (Å²) in [6.07, 6.45) is 4.41. The molecule has 8 heteroatoms. The zero-order valence-corrected chi connectivity index (χ0v) is 20.4. The Balaban J connectivity index is 1.66. The van der Waals surface area contributed by atoms with E-state index in [0.29, 0.717) is 39.7 Å². The Kier molecular flexibility index (Phi) is 8.17. The zero-order chi connectivity index (χ0) is 22.4. The van der Waals surface area contributed by atoms with Crippen molar-refractivity contribution in [2.24, 2.45) is 0 Å². The molecule has 2 aromatic carbocycles. The second kappa shape index (κ2) is 10.8. The van der Waals surface area contributed by atoms with Crippen molar-refractivity contribution in [3.05, 3.63) is 69.6 Å². The van der Waals surface area contributed by atoms with E-state index in [1.54, 1.807) is 20.2 Å². The fourth-order valence-corrected chi connectivity index (χ4v) is 4.43. The van der Waals surface area contributed by atoms with Crippen LogP contribution in [0.5, 0.6) is 17.2 Å². The molecule has 0 bridgehead atoms. The van der Waals surface area contributed by atoms with Crippen LogP contribution in [0.1, 0.15) is 11.1 Å². The number of likely N-dealkylation sites (N-methyl/N-ethyl adjacent to an activating group) is 1. The predicted molar refractivity (Wildman–Crippen MR) is 133 cm³/mol. The number of amides is 1. The number of hydrogen-bond acceptors (Lipinski definition) is 6. The minimum absolute atomic E-state index is 0.115. The van der Waals surface area contributed by atoms with Gasteiger partial charge in [0.25, 0.3) is 5.91 Å². The molecule has 1 aliphatic rings. The zero-order valence-electron chi connectivity index (χ0n) is 17.2. The molecule has 0 unspecified atom stereocenters. The number of carbonyl (C=O) groups is 1. The summed E-state index contributed by atoms with van der Waals surface area (Å²) in [4.78, 5) is 14.3. The molecule has 1 heterocycles. The van der Waals surface area contributed by atoms with Crippen LogP contribution in [-0.4, -0.2) is 42.5 Å². The van der Waals surface area contributed by atoms with Gasteiger partial charge in [-0.05, 0) is 48.4 Å². The summed E-state index contributed by atoms with van der Waals surface area (Å²) in [5.41, 5.74) is 1.89. The molecule has 0 radical (unpaired) electrons. The lowest BCUT2D eigenvalue weighted by atomic mass is 10.1. The van der Waals surface area contributed by atoms with Crippen molar-refractivity contribution < 1.29 is 19.0 Å². The van der Waals surface area contributed by atoms with Crippen LogP contribution >= 0.6 is 39.9 Å². The Morgan fingerprint density at radius 2 is 1.84 bits per heavy atom. The summed E-state index contributed by atoms with van der Waals surface area (Å²) in [7, 11) is 3.29. The number of ether oxygens (including phenoxy) is 3. The number of halogens is 1. The first-order valence-corrected chi connectivity index (χ1v) is 11.5. The minimum Gasteiger partial charge on any atom is -0.493 e. The van der Waals surface area contributed by atoms with Crippen molar-refractivity contribution in [3.8, 4) is 17.2 Å². The highest BCUT2D eigenvalue weighted by atomic mass is 79.9. The van der Waals surface area contributed by atoms with Crippen LogP contribution < -0.4 is 14.2 Å². The number of carbonyl (C=O) groups excluding carboxylic acids is 1. The number of methoxy groups -OCH3 is 1. The SMILES string of the molecule is C=CCc1ccc(OCCOc2ccc(Br)cc2/C=C2\SC(=S)N(C)C2=O)c(OC)c1. The second-order valence-corrected chi connectivity index (χ2v) is 9.19. The Labute approximate surface area is 200 Å². The summed E-state index contributed by atoms with van der Waals surface area (Å²) in [5, 5.41) is 0. The summed E-state index contributed by atoms with van der Waals surface area (Å²) in [6, 6.07) is 11.5. The van der Waals surface area contributed by atoms with E-state index in [4.69, 9.17) is 26.4 Å². The first-order chi connectivity index (χ1) is 14.9. The van der Waals surface area contributed by atoms with Crippen molar-refractivity contribution in [2.75, 3.05) is 27.4 Å². The molecule has 2 aromatic rings. The van der Waals surface area contributed by atoms with E-state index in [1.165, 1.54) is 16.7 Å². The summed E-state index contributed by atoms with van der Waals surface area (Å²) < 4.78 is 18.6. The van der Waals surface area contributed by atoms with Crippen LogP contribution in [0.25, 0.3) is 6.08 Å². The van der Waals surface area contributed by atoms with E-state index in [2.05, 4.69) is 22.5 Å². The van der Waals surface area contributed by atoms with Gasteiger partial charge < -0.3 is 14.2 Å². The number of thiocarbonyl (C=S) groups is 1. The van der Waals surface area contributed by atoms with Crippen molar-refractivity contribution in [3.63, 3.8) is 0 Å².